The maximum absolute atomic E-state index is 5.10. The van der Waals surface area contributed by atoms with Crippen molar-refractivity contribution in [2.24, 2.45) is 0 Å². The van der Waals surface area contributed by atoms with Crippen LogP contribution in [0.3, 0.4) is 0 Å². The van der Waals surface area contributed by atoms with E-state index in [1.54, 1.807) is 0 Å². The van der Waals surface area contributed by atoms with Crippen molar-refractivity contribution in [1.29, 1.82) is 0 Å². The number of allylic oxidation sites excluding steroid dienone is 4. The van der Waals surface area contributed by atoms with E-state index in [9.17, 15) is 0 Å². The van der Waals surface area contributed by atoms with E-state index in [1.165, 1.54) is 61.2 Å². The molecule has 1 aromatic heterocycles. The molecule has 2 aliphatic carbocycles. The molecule has 0 fully saturated rings. The summed E-state index contributed by atoms with van der Waals surface area (Å²) >= 11 is 0. The van der Waals surface area contributed by atoms with Gasteiger partial charge in [0, 0.05) is 23.0 Å². The third kappa shape index (κ3) is 5.90. The first-order valence-electron chi connectivity index (χ1n) is 18.8. The summed E-state index contributed by atoms with van der Waals surface area (Å²) < 4.78 is 0. The second-order valence-corrected chi connectivity index (χ2v) is 14.3. The van der Waals surface area contributed by atoms with E-state index in [0.29, 0.717) is 11.8 Å². The molecule has 0 radical (unpaired) electrons. The maximum atomic E-state index is 5.10. The van der Waals surface area contributed by atoms with Crippen LogP contribution in [0, 0.1) is 0 Å². The van der Waals surface area contributed by atoms with Crippen molar-refractivity contribution in [2.75, 3.05) is 0 Å². The summed E-state index contributed by atoms with van der Waals surface area (Å²) in [5.74, 6) is 0.617. The van der Waals surface area contributed by atoms with Crippen LogP contribution < -0.4 is 0 Å². The molecule has 2 atom stereocenters. The Morgan fingerprint density at radius 2 is 0.796 bits per heavy atom. The molecule has 0 saturated heterocycles. The van der Waals surface area contributed by atoms with Gasteiger partial charge in [0.15, 0.2) is 0 Å². The van der Waals surface area contributed by atoms with Gasteiger partial charge in [-0.15, -0.1) is 0 Å². The summed E-state index contributed by atoms with van der Waals surface area (Å²) in [5, 5.41) is 0. The van der Waals surface area contributed by atoms with Crippen LogP contribution in [0.15, 0.2) is 212 Å². The molecule has 7 aromatic carbocycles. The lowest BCUT2D eigenvalue weighted by Crippen LogP contribution is -2.17. The van der Waals surface area contributed by atoms with Gasteiger partial charge in [0.1, 0.15) is 0 Å². The number of aromatic nitrogens is 1. The molecule has 0 N–H and O–H groups in total. The molecule has 0 aliphatic heterocycles. The van der Waals surface area contributed by atoms with Gasteiger partial charge in [-0.3, -0.25) is 0 Å². The number of fused-ring (bicyclic) bond motifs is 6. The van der Waals surface area contributed by atoms with E-state index in [2.05, 4.69) is 212 Å². The highest BCUT2D eigenvalue weighted by Crippen LogP contribution is 2.51. The molecular weight excluding hydrogens is 651 g/mol. The fourth-order valence-electron chi connectivity index (χ4n) is 8.34. The van der Waals surface area contributed by atoms with Crippen molar-refractivity contribution in [3.05, 3.63) is 229 Å². The van der Waals surface area contributed by atoms with Gasteiger partial charge in [-0.2, -0.15) is 0 Å². The first-order valence-corrected chi connectivity index (χ1v) is 18.8. The van der Waals surface area contributed by atoms with Gasteiger partial charge >= 0.3 is 0 Å². The molecule has 0 amide bonds. The number of pyridine rings is 1. The number of hydrogen-bond acceptors (Lipinski definition) is 1. The molecule has 2 aliphatic rings. The summed E-state index contributed by atoms with van der Waals surface area (Å²) in [7, 11) is 0. The lowest BCUT2D eigenvalue weighted by Gasteiger charge is -2.35. The zero-order valence-electron chi connectivity index (χ0n) is 29.8. The SMILES string of the molecule is C1=CC2c3ccc(-c4cccc(-c5cccc(-c6cc(-c7ccccc7)nc(-c7ccccc7)c6)c5)c4)cc3-c3ccccc3C2C=C1c1ccccc1. The Morgan fingerprint density at radius 3 is 1.41 bits per heavy atom. The van der Waals surface area contributed by atoms with Crippen LogP contribution in [0.1, 0.15) is 28.5 Å². The number of rotatable bonds is 6. The second kappa shape index (κ2) is 13.6. The summed E-state index contributed by atoms with van der Waals surface area (Å²) in [6.07, 6.45) is 7.21. The minimum atomic E-state index is 0.309. The molecule has 254 valence electrons. The van der Waals surface area contributed by atoms with Crippen LogP contribution in [0.25, 0.3) is 72.6 Å². The lowest BCUT2D eigenvalue weighted by molar-refractivity contribution is 0.722. The van der Waals surface area contributed by atoms with Crippen molar-refractivity contribution in [3.63, 3.8) is 0 Å². The van der Waals surface area contributed by atoms with Crippen molar-refractivity contribution < 1.29 is 0 Å². The van der Waals surface area contributed by atoms with Gasteiger partial charge in [0.2, 0.25) is 0 Å². The molecule has 54 heavy (non-hydrogen) atoms. The Kier molecular flexibility index (Phi) is 8.04. The molecule has 8 aromatic rings. The predicted octanol–water partition coefficient (Wildman–Crippen LogP) is 13.9. The molecule has 0 spiro atoms. The Labute approximate surface area is 317 Å². The minimum Gasteiger partial charge on any atom is -0.248 e. The van der Waals surface area contributed by atoms with Crippen LogP contribution in [-0.2, 0) is 0 Å². The number of hydrogen-bond donors (Lipinski definition) is 0. The van der Waals surface area contributed by atoms with Gasteiger partial charge < -0.3 is 0 Å². The average molecular weight is 688 g/mol. The second-order valence-electron chi connectivity index (χ2n) is 14.3. The van der Waals surface area contributed by atoms with Crippen LogP contribution in [-0.4, -0.2) is 4.98 Å². The normalized spacial score (nSPS) is 15.4. The summed E-state index contributed by atoms with van der Waals surface area (Å²) in [5.41, 5.74) is 19.3. The molecule has 1 heterocycles. The molecule has 10 rings (SSSR count). The Bertz CT molecular complexity index is 2650. The smallest absolute Gasteiger partial charge is 0.0715 e. The van der Waals surface area contributed by atoms with Gasteiger partial charge in [0.05, 0.1) is 11.4 Å². The third-order valence-electron chi connectivity index (χ3n) is 11.0. The van der Waals surface area contributed by atoms with E-state index in [1.807, 2.05) is 0 Å². The third-order valence-corrected chi connectivity index (χ3v) is 11.0. The Hall–Kier alpha value is -6.83. The molecule has 0 saturated carbocycles. The van der Waals surface area contributed by atoms with Gasteiger partial charge in [-0.1, -0.05) is 182 Å². The monoisotopic (exact) mass is 687 g/mol. The topological polar surface area (TPSA) is 12.9 Å². The van der Waals surface area contributed by atoms with Gasteiger partial charge in [0.25, 0.3) is 0 Å². The first-order chi connectivity index (χ1) is 26.7. The highest BCUT2D eigenvalue weighted by atomic mass is 14.7. The van der Waals surface area contributed by atoms with Crippen molar-refractivity contribution >= 4 is 5.57 Å². The predicted molar refractivity (Wildman–Crippen MR) is 226 cm³/mol. The number of benzene rings is 7. The summed E-state index contributed by atoms with van der Waals surface area (Å²) in [4.78, 5) is 5.10. The van der Waals surface area contributed by atoms with Gasteiger partial charge in [-0.25, -0.2) is 4.98 Å². The van der Waals surface area contributed by atoms with Crippen LogP contribution in [0.4, 0.5) is 0 Å². The molecule has 0 bridgehead atoms. The van der Waals surface area contributed by atoms with Gasteiger partial charge in [-0.05, 0) is 97.1 Å². The van der Waals surface area contributed by atoms with Crippen LogP contribution in [0.5, 0.6) is 0 Å². The van der Waals surface area contributed by atoms with Crippen LogP contribution >= 0.6 is 0 Å². The zero-order valence-corrected chi connectivity index (χ0v) is 29.8. The quantitative estimate of drug-likeness (QED) is 0.170. The first kappa shape index (κ1) is 31.9. The maximum Gasteiger partial charge on any atom is 0.0715 e. The average Bonchev–Trinajstić information content (AvgIpc) is 3.27. The van der Waals surface area contributed by atoms with Crippen LogP contribution in [0.2, 0.25) is 0 Å². The lowest BCUT2D eigenvalue weighted by atomic mass is 9.68. The van der Waals surface area contributed by atoms with E-state index in [0.717, 1.165) is 28.1 Å². The largest absolute Gasteiger partial charge is 0.248 e. The van der Waals surface area contributed by atoms with Crippen molar-refractivity contribution in [1.82, 2.24) is 4.98 Å². The highest BCUT2D eigenvalue weighted by molar-refractivity contribution is 5.86. The van der Waals surface area contributed by atoms with E-state index < -0.39 is 0 Å². The highest BCUT2D eigenvalue weighted by Gasteiger charge is 2.33. The van der Waals surface area contributed by atoms with E-state index in [-0.39, 0.29) is 0 Å². The molecule has 1 heteroatoms. The summed E-state index contributed by atoms with van der Waals surface area (Å²) in [6.45, 7) is 0. The fourth-order valence-corrected chi connectivity index (χ4v) is 8.34. The van der Waals surface area contributed by atoms with E-state index in [4.69, 9.17) is 4.98 Å². The van der Waals surface area contributed by atoms with Crippen molar-refractivity contribution in [2.45, 2.75) is 11.8 Å². The number of nitrogens with zero attached hydrogens (tertiary/aromatic N) is 1. The molecule has 2 unspecified atom stereocenters. The fraction of sp³-hybridized carbons (Fsp3) is 0.0377. The van der Waals surface area contributed by atoms with E-state index >= 15 is 0 Å². The minimum absolute atomic E-state index is 0.309. The van der Waals surface area contributed by atoms with Crippen molar-refractivity contribution in [3.8, 4) is 67.0 Å². The molecular formula is C53H37N. The molecule has 1 nitrogen and oxygen atoms in total. The Balaban J connectivity index is 1.01. The zero-order chi connectivity index (χ0) is 35.8. The Morgan fingerprint density at radius 1 is 0.315 bits per heavy atom. The standard InChI is InChI=1S/C53H37N/c1-4-14-36(15-5-1)43-26-28-48-49-29-27-44(33-51(49)47-25-11-10-24-46(47)50(48)32-43)41-22-12-20-39(30-41)40-21-13-23-42(31-40)45-34-52(37-16-6-2-7-17-37)54-53(35-45)38-18-8-3-9-19-38/h1-35,48,50H. The summed E-state index contributed by atoms with van der Waals surface area (Å²) in [6, 6.07) is 70.1.